The first kappa shape index (κ1) is 15.7. The van der Waals surface area contributed by atoms with Gasteiger partial charge in [-0.25, -0.2) is 9.78 Å². The van der Waals surface area contributed by atoms with Gasteiger partial charge in [-0.2, -0.15) is 0 Å². The quantitative estimate of drug-likeness (QED) is 0.847. The smallest absolute Gasteiger partial charge is 0.356 e. The third-order valence-corrected chi connectivity index (χ3v) is 4.19. The highest BCUT2D eigenvalue weighted by molar-refractivity contribution is 5.85. The minimum Gasteiger partial charge on any atom is -0.476 e. The number of carbonyl (C=O) groups is 1. The van der Waals surface area contributed by atoms with Crippen molar-refractivity contribution in [1.82, 2.24) is 9.97 Å². The Kier molecular flexibility index (Phi) is 4.15. The van der Waals surface area contributed by atoms with E-state index in [9.17, 15) is 9.90 Å². The summed E-state index contributed by atoms with van der Waals surface area (Å²) in [5.74, 6) is -0.584. The molecule has 0 saturated carbocycles. The minimum absolute atomic E-state index is 0.0805. The highest BCUT2D eigenvalue weighted by Gasteiger charge is 2.48. The van der Waals surface area contributed by atoms with E-state index in [1.807, 2.05) is 18.7 Å². The third-order valence-electron chi connectivity index (χ3n) is 4.19. The highest BCUT2D eigenvalue weighted by Crippen LogP contribution is 2.39. The summed E-state index contributed by atoms with van der Waals surface area (Å²) in [5.41, 5.74) is -1.40. The van der Waals surface area contributed by atoms with Gasteiger partial charge in [-0.3, -0.25) is 4.98 Å². The van der Waals surface area contributed by atoms with E-state index in [1.165, 1.54) is 6.20 Å². The molecule has 7 heteroatoms. The molecule has 0 aliphatic carbocycles. The van der Waals surface area contributed by atoms with Gasteiger partial charge in [-0.15, -0.1) is 0 Å². The number of carboxylic acids is 1. The van der Waals surface area contributed by atoms with Crippen molar-refractivity contribution in [2.24, 2.45) is 5.41 Å². The van der Waals surface area contributed by atoms with E-state index in [0.29, 0.717) is 25.3 Å². The number of nitrogens with zero attached hydrogens (tertiary/aromatic N) is 3. The Bertz CT molecular complexity index is 535. The lowest BCUT2D eigenvalue weighted by atomic mass is 9.70. The van der Waals surface area contributed by atoms with E-state index < -0.39 is 17.0 Å². The van der Waals surface area contributed by atoms with Gasteiger partial charge in [0.05, 0.1) is 24.6 Å². The highest BCUT2D eigenvalue weighted by atomic mass is 16.5. The van der Waals surface area contributed by atoms with Gasteiger partial charge in [0.15, 0.2) is 5.69 Å². The normalized spacial score (nSPS) is 24.9. The molecule has 1 saturated heterocycles. The zero-order valence-corrected chi connectivity index (χ0v) is 12.5. The zero-order chi connectivity index (χ0) is 15.7. The summed E-state index contributed by atoms with van der Waals surface area (Å²) in [6.45, 7) is 5.32. The van der Waals surface area contributed by atoms with Gasteiger partial charge in [-0.1, -0.05) is 13.8 Å². The number of carboxylic acid groups (broad SMARTS) is 1. The zero-order valence-electron chi connectivity index (χ0n) is 12.5. The van der Waals surface area contributed by atoms with E-state index in [2.05, 4.69) is 9.97 Å². The van der Waals surface area contributed by atoms with Crippen molar-refractivity contribution in [2.75, 3.05) is 31.7 Å². The molecule has 7 nitrogen and oxygen atoms in total. The topological polar surface area (TPSA) is 95.8 Å². The first-order valence-corrected chi connectivity index (χ1v) is 6.81. The van der Waals surface area contributed by atoms with Crippen LogP contribution in [-0.4, -0.2) is 58.6 Å². The first-order chi connectivity index (χ1) is 9.79. The second-order valence-corrected chi connectivity index (χ2v) is 6.09. The van der Waals surface area contributed by atoms with E-state index in [-0.39, 0.29) is 12.3 Å². The number of piperidine rings is 1. The average molecular weight is 295 g/mol. The predicted molar refractivity (Wildman–Crippen MR) is 76.4 cm³/mol. The van der Waals surface area contributed by atoms with Gasteiger partial charge in [0, 0.05) is 25.6 Å². The van der Waals surface area contributed by atoms with E-state index >= 15 is 0 Å². The Morgan fingerprint density at radius 2 is 2.19 bits per heavy atom. The Labute approximate surface area is 123 Å². The fourth-order valence-electron chi connectivity index (χ4n) is 2.67. The summed E-state index contributed by atoms with van der Waals surface area (Å²) in [4.78, 5) is 21.0. The molecular formula is C14H21N3O4. The fraction of sp³-hybridized carbons (Fsp3) is 0.643. The average Bonchev–Trinajstić information content (AvgIpc) is 2.42. The first-order valence-electron chi connectivity index (χ1n) is 6.81. The maximum absolute atomic E-state index is 11.0. The van der Waals surface area contributed by atoms with Crippen LogP contribution in [-0.2, 0) is 4.74 Å². The molecule has 0 unspecified atom stereocenters. The van der Waals surface area contributed by atoms with Gasteiger partial charge in [0.25, 0.3) is 0 Å². The van der Waals surface area contributed by atoms with Crippen LogP contribution in [0.25, 0.3) is 0 Å². The molecule has 2 heterocycles. The second kappa shape index (κ2) is 5.57. The molecule has 0 aromatic carbocycles. The number of methoxy groups -OCH3 is 1. The van der Waals surface area contributed by atoms with Crippen molar-refractivity contribution in [1.29, 1.82) is 0 Å². The molecular weight excluding hydrogens is 274 g/mol. The number of hydrogen-bond acceptors (Lipinski definition) is 6. The number of rotatable bonds is 4. The molecule has 2 rings (SSSR count). The Morgan fingerprint density at radius 3 is 2.76 bits per heavy atom. The van der Waals surface area contributed by atoms with E-state index in [1.54, 1.807) is 13.3 Å². The van der Waals surface area contributed by atoms with Crippen LogP contribution in [0, 0.1) is 5.41 Å². The van der Waals surface area contributed by atoms with Crippen molar-refractivity contribution in [3.63, 3.8) is 0 Å². The van der Waals surface area contributed by atoms with Crippen LogP contribution in [0.15, 0.2) is 12.4 Å². The molecule has 0 amide bonds. The van der Waals surface area contributed by atoms with E-state index in [0.717, 1.165) is 0 Å². The maximum atomic E-state index is 11.0. The van der Waals surface area contributed by atoms with Crippen molar-refractivity contribution in [3.05, 3.63) is 18.1 Å². The van der Waals surface area contributed by atoms with Crippen LogP contribution >= 0.6 is 0 Å². The molecule has 0 spiro atoms. The standard InChI is InChI=1S/C14H21N3O4/c1-13(2)8-17(5-4-14(13,20)9-21-3)11-7-15-6-10(16-11)12(18)19/h6-7,20H,4-5,8-9H2,1-3H3,(H,18,19)/t14-/m1/s1. The number of aromatic carboxylic acids is 1. The SMILES string of the molecule is COC[C@]1(O)CCN(c2cncc(C(=O)O)n2)CC1(C)C. The summed E-state index contributed by atoms with van der Waals surface area (Å²) in [6.07, 6.45) is 3.29. The molecule has 1 atom stereocenters. The summed E-state index contributed by atoms with van der Waals surface area (Å²) in [7, 11) is 1.57. The molecule has 1 aliphatic rings. The Morgan fingerprint density at radius 1 is 1.48 bits per heavy atom. The van der Waals surface area contributed by atoms with Crippen LogP contribution < -0.4 is 4.90 Å². The molecule has 0 bridgehead atoms. The van der Waals surface area contributed by atoms with Gasteiger partial charge >= 0.3 is 5.97 Å². The van der Waals surface area contributed by atoms with Crippen LogP contribution in [0.3, 0.4) is 0 Å². The summed E-state index contributed by atoms with van der Waals surface area (Å²) in [5, 5.41) is 19.7. The second-order valence-electron chi connectivity index (χ2n) is 6.09. The molecule has 1 aliphatic heterocycles. The van der Waals surface area contributed by atoms with Crippen LogP contribution in [0.2, 0.25) is 0 Å². The minimum atomic E-state index is -1.10. The number of aromatic nitrogens is 2. The lowest BCUT2D eigenvalue weighted by molar-refractivity contribution is -0.122. The van der Waals surface area contributed by atoms with Gasteiger partial charge in [0.1, 0.15) is 5.82 Å². The largest absolute Gasteiger partial charge is 0.476 e. The van der Waals surface area contributed by atoms with Gasteiger partial charge < -0.3 is 19.8 Å². The number of aliphatic hydroxyl groups is 1. The predicted octanol–water partition coefficient (Wildman–Crippen LogP) is 0.789. The molecule has 1 fully saturated rings. The Hall–Kier alpha value is -1.73. The number of anilines is 1. The maximum Gasteiger partial charge on any atom is 0.356 e. The van der Waals surface area contributed by atoms with E-state index in [4.69, 9.17) is 9.84 Å². The lowest BCUT2D eigenvalue weighted by Crippen LogP contribution is -2.59. The molecule has 1 aromatic heterocycles. The molecule has 1 aromatic rings. The monoisotopic (exact) mass is 295 g/mol. The third kappa shape index (κ3) is 2.98. The molecule has 0 radical (unpaired) electrons. The number of ether oxygens (including phenoxy) is 1. The summed E-state index contributed by atoms with van der Waals surface area (Å²) < 4.78 is 5.14. The fourth-order valence-corrected chi connectivity index (χ4v) is 2.67. The molecule has 2 N–H and O–H groups in total. The lowest BCUT2D eigenvalue weighted by Gasteiger charge is -2.50. The number of hydrogen-bond donors (Lipinski definition) is 2. The molecule has 116 valence electrons. The molecule has 21 heavy (non-hydrogen) atoms. The van der Waals surface area contributed by atoms with Crippen LogP contribution in [0.5, 0.6) is 0 Å². The van der Waals surface area contributed by atoms with Crippen LogP contribution in [0.1, 0.15) is 30.8 Å². The van der Waals surface area contributed by atoms with Crippen molar-refractivity contribution < 1.29 is 19.7 Å². The van der Waals surface area contributed by atoms with Crippen molar-refractivity contribution in [2.45, 2.75) is 25.9 Å². The van der Waals surface area contributed by atoms with Crippen molar-refractivity contribution in [3.8, 4) is 0 Å². The van der Waals surface area contributed by atoms with Crippen LogP contribution in [0.4, 0.5) is 5.82 Å². The summed E-state index contributed by atoms with van der Waals surface area (Å²) >= 11 is 0. The summed E-state index contributed by atoms with van der Waals surface area (Å²) in [6, 6.07) is 0. The Balaban J connectivity index is 2.22. The van der Waals surface area contributed by atoms with Gasteiger partial charge in [0.2, 0.25) is 0 Å². The van der Waals surface area contributed by atoms with Crippen molar-refractivity contribution >= 4 is 11.8 Å². The van der Waals surface area contributed by atoms with Gasteiger partial charge in [-0.05, 0) is 6.42 Å².